The SMILES string of the molecule is C[n+]1ccn(S(=O)(=O)C(F)(F)F)c1-c1ccccc1. The van der Waals surface area contributed by atoms with Crippen LogP contribution in [0.1, 0.15) is 0 Å². The molecule has 0 aliphatic rings. The molecule has 0 aliphatic heterocycles. The van der Waals surface area contributed by atoms with Crippen LogP contribution in [-0.4, -0.2) is 17.9 Å². The zero-order valence-electron chi connectivity index (χ0n) is 9.79. The Labute approximate surface area is 107 Å². The number of hydrogen-bond acceptors (Lipinski definition) is 2. The quantitative estimate of drug-likeness (QED) is 0.790. The molecule has 2 rings (SSSR count). The third kappa shape index (κ3) is 2.23. The van der Waals surface area contributed by atoms with Gasteiger partial charge in [-0.2, -0.15) is 21.6 Å². The number of aromatic nitrogens is 2. The summed E-state index contributed by atoms with van der Waals surface area (Å²) in [6.07, 6.45) is 2.14. The van der Waals surface area contributed by atoms with E-state index in [0.29, 0.717) is 5.56 Å². The summed E-state index contributed by atoms with van der Waals surface area (Å²) in [6.45, 7) is 0. The molecule has 102 valence electrons. The van der Waals surface area contributed by atoms with Crippen LogP contribution in [-0.2, 0) is 17.1 Å². The van der Waals surface area contributed by atoms with Crippen LogP contribution in [0.2, 0.25) is 0 Å². The summed E-state index contributed by atoms with van der Waals surface area (Å²) in [5, 5.41) is 0. The molecule has 1 heterocycles. The number of aryl methyl sites for hydroxylation is 1. The Kier molecular flexibility index (Phi) is 3.13. The summed E-state index contributed by atoms with van der Waals surface area (Å²) in [7, 11) is -3.96. The van der Waals surface area contributed by atoms with Gasteiger partial charge in [-0.15, -0.1) is 3.97 Å². The molecule has 8 heteroatoms. The van der Waals surface area contributed by atoms with Crippen molar-refractivity contribution in [3.05, 3.63) is 42.7 Å². The van der Waals surface area contributed by atoms with Gasteiger partial charge in [0.25, 0.3) is 0 Å². The van der Waals surface area contributed by atoms with E-state index in [-0.39, 0.29) is 9.80 Å². The smallest absolute Gasteiger partial charge is 0.232 e. The molecule has 4 nitrogen and oxygen atoms in total. The van der Waals surface area contributed by atoms with Crippen molar-refractivity contribution in [1.82, 2.24) is 3.97 Å². The molecular formula is C11H10F3N2O2S+. The standard InChI is InChI=1S/C11H10F3N2O2S/c1-15-7-8-16(19(17,18)11(12,13)14)10(15)9-5-3-2-4-6-9/h2-8H,1H3/q+1. The van der Waals surface area contributed by atoms with Crippen LogP contribution in [0.25, 0.3) is 11.4 Å². The van der Waals surface area contributed by atoms with Gasteiger partial charge in [-0.1, -0.05) is 18.2 Å². The predicted molar refractivity (Wildman–Crippen MR) is 61.4 cm³/mol. The molecule has 0 spiro atoms. The van der Waals surface area contributed by atoms with Crippen molar-refractivity contribution in [2.24, 2.45) is 7.05 Å². The molecule has 0 fully saturated rings. The van der Waals surface area contributed by atoms with Crippen LogP contribution in [0, 0.1) is 0 Å². The van der Waals surface area contributed by atoms with E-state index in [1.165, 1.54) is 29.9 Å². The average molecular weight is 291 g/mol. The highest BCUT2D eigenvalue weighted by Crippen LogP contribution is 2.28. The summed E-state index contributed by atoms with van der Waals surface area (Å²) in [5.74, 6) is -0.0575. The van der Waals surface area contributed by atoms with Crippen LogP contribution in [0.5, 0.6) is 0 Å². The Bertz CT molecular complexity index is 690. The van der Waals surface area contributed by atoms with Gasteiger partial charge in [0, 0.05) is 0 Å². The van der Waals surface area contributed by atoms with Crippen molar-refractivity contribution in [3.8, 4) is 11.4 Å². The van der Waals surface area contributed by atoms with Gasteiger partial charge in [-0.25, -0.2) is 4.57 Å². The first kappa shape index (κ1) is 13.6. The number of hydrogen-bond donors (Lipinski definition) is 0. The second-order valence-electron chi connectivity index (χ2n) is 3.85. The van der Waals surface area contributed by atoms with E-state index in [2.05, 4.69) is 0 Å². The number of benzene rings is 1. The monoisotopic (exact) mass is 291 g/mol. The first-order valence-electron chi connectivity index (χ1n) is 5.19. The van der Waals surface area contributed by atoms with Crippen LogP contribution < -0.4 is 4.57 Å². The van der Waals surface area contributed by atoms with Crippen LogP contribution in [0.4, 0.5) is 13.2 Å². The van der Waals surface area contributed by atoms with Gasteiger partial charge in [-0.05, 0) is 12.1 Å². The zero-order valence-corrected chi connectivity index (χ0v) is 10.6. The number of rotatable bonds is 2. The number of imidazole rings is 1. The molecule has 0 unspecified atom stereocenters. The highest BCUT2D eigenvalue weighted by molar-refractivity contribution is 7.90. The molecular weight excluding hydrogens is 281 g/mol. The topological polar surface area (TPSA) is 43.0 Å². The van der Waals surface area contributed by atoms with Gasteiger partial charge in [0.1, 0.15) is 12.4 Å². The zero-order chi connectivity index (χ0) is 14.3. The van der Waals surface area contributed by atoms with Gasteiger partial charge in [-0.3, -0.25) is 0 Å². The average Bonchev–Trinajstić information content (AvgIpc) is 2.71. The lowest BCUT2D eigenvalue weighted by Crippen LogP contribution is -2.34. The van der Waals surface area contributed by atoms with Crippen LogP contribution in [0.3, 0.4) is 0 Å². The molecule has 0 radical (unpaired) electrons. The van der Waals surface area contributed by atoms with Gasteiger partial charge in [0.05, 0.1) is 12.6 Å². The number of alkyl halides is 3. The Balaban J connectivity index is 2.70. The summed E-state index contributed by atoms with van der Waals surface area (Å²) >= 11 is 0. The molecule has 2 aromatic rings. The Hall–Kier alpha value is -1.83. The van der Waals surface area contributed by atoms with Crippen molar-refractivity contribution in [2.45, 2.75) is 5.51 Å². The van der Waals surface area contributed by atoms with Crippen molar-refractivity contribution < 1.29 is 26.2 Å². The summed E-state index contributed by atoms with van der Waals surface area (Å²) < 4.78 is 62.3. The third-order valence-electron chi connectivity index (χ3n) is 2.55. The van der Waals surface area contributed by atoms with E-state index in [1.807, 2.05) is 0 Å². The second kappa shape index (κ2) is 4.37. The van der Waals surface area contributed by atoms with Crippen molar-refractivity contribution in [1.29, 1.82) is 0 Å². The largest absolute Gasteiger partial charge is 0.537 e. The Morgan fingerprint density at radius 2 is 1.74 bits per heavy atom. The van der Waals surface area contributed by atoms with Gasteiger partial charge in [0.15, 0.2) is 0 Å². The molecule has 0 bridgehead atoms. The first-order chi connectivity index (χ1) is 8.75. The van der Waals surface area contributed by atoms with Gasteiger partial charge < -0.3 is 0 Å². The van der Waals surface area contributed by atoms with Crippen molar-refractivity contribution >= 4 is 10.0 Å². The number of halogens is 3. The third-order valence-corrected chi connectivity index (χ3v) is 3.95. The lowest BCUT2D eigenvalue weighted by molar-refractivity contribution is -0.659. The molecule has 0 aliphatic carbocycles. The fourth-order valence-electron chi connectivity index (χ4n) is 1.68. The minimum absolute atomic E-state index is 0.0575. The maximum absolute atomic E-state index is 12.6. The molecule has 19 heavy (non-hydrogen) atoms. The fraction of sp³-hybridized carbons (Fsp3) is 0.182. The molecule has 0 atom stereocenters. The van der Waals surface area contributed by atoms with E-state index in [0.717, 1.165) is 6.20 Å². The normalized spacial score (nSPS) is 12.6. The van der Waals surface area contributed by atoms with Gasteiger partial charge >= 0.3 is 21.4 Å². The highest BCUT2D eigenvalue weighted by atomic mass is 32.2. The predicted octanol–water partition coefficient (Wildman–Crippen LogP) is 1.68. The molecule has 0 N–H and O–H groups in total. The fourth-order valence-corrected chi connectivity index (χ4v) is 2.58. The molecule has 0 amide bonds. The summed E-state index contributed by atoms with van der Waals surface area (Å²) in [6, 6.07) is 8.00. The van der Waals surface area contributed by atoms with Gasteiger partial charge in [0.2, 0.25) is 0 Å². The molecule has 1 aromatic heterocycles. The van der Waals surface area contributed by atoms with Crippen molar-refractivity contribution in [2.75, 3.05) is 0 Å². The summed E-state index contributed by atoms with van der Waals surface area (Å²) in [4.78, 5) is 0. The van der Waals surface area contributed by atoms with E-state index < -0.39 is 15.5 Å². The van der Waals surface area contributed by atoms with E-state index in [4.69, 9.17) is 0 Å². The lowest BCUT2D eigenvalue weighted by Gasteiger charge is -2.06. The highest BCUT2D eigenvalue weighted by Gasteiger charge is 2.52. The molecule has 1 aromatic carbocycles. The lowest BCUT2D eigenvalue weighted by atomic mass is 10.2. The van der Waals surface area contributed by atoms with Crippen LogP contribution in [0.15, 0.2) is 42.7 Å². The Morgan fingerprint density at radius 3 is 2.26 bits per heavy atom. The number of nitrogens with zero attached hydrogens (tertiary/aromatic N) is 2. The van der Waals surface area contributed by atoms with E-state index >= 15 is 0 Å². The van der Waals surface area contributed by atoms with Crippen molar-refractivity contribution in [3.63, 3.8) is 0 Å². The maximum Gasteiger partial charge on any atom is 0.537 e. The minimum Gasteiger partial charge on any atom is -0.232 e. The molecule has 0 saturated carbocycles. The van der Waals surface area contributed by atoms with E-state index in [9.17, 15) is 21.6 Å². The maximum atomic E-state index is 12.6. The van der Waals surface area contributed by atoms with E-state index in [1.54, 1.807) is 18.2 Å². The summed E-state index contributed by atoms with van der Waals surface area (Å²) in [5.41, 5.74) is -4.97. The Morgan fingerprint density at radius 1 is 1.16 bits per heavy atom. The first-order valence-corrected chi connectivity index (χ1v) is 6.63. The minimum atomic E-state index is -5.44. The second-order valence-corrected chi connectivity index (χ2v) is 5.65. The van der Waals surface area contributed by atoms with Crippen LogP contribution >= 0.6 is 0 Å². The molecule has 0 saturated heterocycles.